The van der Waals surface area contributed by atoms with Gasteiger partial charge in [0, 0.05) is 65.4 Å². The first kappa shape index (κ1) is 16.7. The van der Waals surface area contributed by atoms with Crippen LogP contribution in [0.25, 0.3) is 0 Å². The molecule has 2 fully saturated rings. The molecule has 0 spiro atoms. The van der Waals surface area contributed by atoms with Crippen molar-refractivity contribution in [3.63, 3.8) is 0 Å². The summed E-state index contributed by atoms with van der Waals surface area (Å²) in [4.78, 5) is 30.0. The Bertz CT molecular complexity index is 616. The number of imide groups is 1. The third-order valence-electron chi connectivity index (χ3n) is 5.35. The SMILES string of the molecule is O=C1c2ccccc2C(=O)N1N1CCN(CCN2CCNCC2)CC1. The fourth-order valence-corrected chi connectivity index (χ4v) is 3.81. The summed E-state index contributed by atoms with van der Waals surface area (Å²) in [6.45, 7) is 9.74. The van der Waals surface area contributed by atoms with Crippen LogP contribution in [-0.2, 0) is 0 Å². The maximum atomic E-state index is 12.6. The lowest BCUT2D eigenvalue weighted by Crippen LogP contribution is -2.56. The summed E-state index contributed by atoms with van der Waals surface area (Å²) in [6, 6.07) is 7.09. The molecular weight excluding hydrogens is 318 g/mol. The molecule has 0 bridgehead atoms. The number of piperazine rings is 2. The average Bonchev–Trinajstić information content (AvgIpc) is 2.93. The number of benzene rings is 1. The van der Waals surface area contributed by atoms with Crippen LogP contribution in [0.2, 0.25) is 0 Å². The summed E-state index contributed by atoms with van der Waals surface area (Å²) >= 11 is 0. The van der Waals surface area contributed by atoms with E-state index in [9.17, 15) is 9.59 Å². The van der Waals surface area contributed by atoms with E-state index in [0.29, 0.717) is 24.2 Å². The van der Waals surface area contributed by atoms with Gasteiger partial charge in [0.15, 0.2) is 0 Å². The number of rotatable bonds is 4. The predicted molar refractivity (Wildman–Crippen MR) is 94.3 cm³/mol. The lowest BCUT2D eigenvalue weighted by atomic mass is 10.1. The first-order valence-corrected chi connectivity index (χ1v) is 9.12. The molecule has 0 radical (unpaired) electrons. The molecule has 3 aliphatic rings. The lowest BCUT2D eigenvalue weighted by molar-refractivity contribution is -0.0220. The van der Waals surface area contributed by atoms with Gasteiger partial charge in [-0.1, -0.05) is 12.1 Å². The Morgan fingerprint density at radius 1 is 0.760 bits per heavy atom. The summed E-state index contributed by atoms with van der Waals surface area (Å²) in [6.07, 6.45) is 0. The van der Waals surface area contributed by atoms with Crippen molar-refractivity contribution in [2.45, 2.75) is 0 Å². The van der Waals surface area contributed by atoms with Gasteiger partial charge in [-0.15, -0.1) is 0 Å². The summed E-state index contributed by atoms with van der Waals surface area (Å²) in [5.74, 6) is -0.371. The van der Waals surface area contributed by atoms with E-state index in [1.54, 1.807) is 12.1 Å². The van der Waals surface area contributed by atoms with Gasteiger partial charge < -0.3 is 5.32 Å². The molecule has 0 aromatic heterocycles. The summed E-state index contributed by atoms with van der Waals surface area (Å²) in [7, 11) is 0. The van der Waals surface area contributed by atoms with Crippen molar-refractivity contribution < 1.29 is 9.59 Å². The van der Waals surface area contributed by atoms with Crippen LogP contribution in [0, 0.1) is 0 Å². The molecule has 0 aliphatic carbocycles. The van der Waals surface area contributed by atoms with Gasteiger partial charge in [-0.2, -0.15) is 0 Å². The minimum atomic E-state index is -0.185. The zero-order valence-electron chi connectivity index (χ0n) is 14.5. The minimum absolute atomic E-state index is 0.185. The van der Waals surface area contributed by atoms with Crippen molar-refractivity contribution in [1.29, 1.82) is 0 Å². The van der Waals surface area contributed by atoms with E-state index in [-0.39, 0.29) is 11.8 Å². The van der Waals surface area contributed by atoms with Gasteiger partial charge in [0.05, 0.1) is 11.1 Å². The Labute approximate surface area is 148 Å². The fourth-order valence-electron chi connectivity index (χ4n) is 3.81. The Kier molecular flexibility index (Phi) is 4.80. The van der Waals surface area contributed by atoms with Gasteiger partial charge in [-0.3, -0.25) is 19.4 Å². The van der Waals surface area contributed by atoms with Gasteiger partial charge in [0.2, 0.25) is 0 Å². The molecule has 0 unspecified atom stereocenters. The van der Waals surface area contributed by atoms with E-state index in [2.05, 4.69) is 15.1 Å². The lowest BCUT2D eigenvalue weighted by Gasteiger charge is -2.39. The third-order valence-corrected chi connectivity index (χ3v) is 5.35. The van der Waals surface area contributed by atoms with Crippen LogP contribution in [0.4, 0.5) is 0 Å². The maximum Gasteiger partial charge on any atom is 0.276 e. The van der Waals surface area contributed by atoms with Gasteiger partial charge in [-0.25, -0.2) is 10.0 Å². The Balaban J connectivity index is 1.30. The first-order chi connectivity index (χ1) is 12.2. The van der Waals surface area contributed by atoms with E-state index in [0.717, 1.165) is 52.4 Å². The molecular formula is C18H25N5O2. The minimum Gasteiger partial charge on any atom is -0.314 e. The molecule has 4 rings (SSSR count). The molecule has 3 aliphatic heterocycles. The molecule has 0 atom stereocenters. The van der Waals surface area contributed by atoms with E-state index in [1.165, 1.54) is 5.01 Å². The van der Waals surface area contributed by atoms with Crippen molar-refractivity contribution in [2.75, 3.05) is 65.4 Å². The number of hydrogen-bond donors (Lipinski definition) is 1. The highest BCUT2D eigenvalue weighted by molar-refractivity contribution is 6.20. The normalized spacial score (nSPS) is 23.3. The molecule has 25 heavy (non-hydrogen) atoms. The smallest absolute Gasteiger partial charge is 0.276 e. The van der Waals surface area contributed by atoms with Gasteiger partial charge in [0.25, 0.3) is 11.8 Å². The fraction of sp³-hybridized carbons (Fsp3) is 0.556. The van der Waals surface area contributed by atoms with Gasteiger partial charge in [-0.05, 0) is 12.1 Å². The van der Waals surface area contributed by atoms with Crippen molar-refractivity contribution in [3.05, 3.63) is 35.4 Å². The third kappa shape index (κ3) is 3.32. The highest BCUT2D eigenvalue weighted by Crippen LogP contribution is 2.24. The quantitative estimate of drug-likeness (QED) is 0.759. The van der Waals surface area contributed by atoms with E-state index < -0.39 is 0 Å². The monoisotopic (exact) mass is 343 g/mol. The highest BCUT2D eigenvalue weighted by Gasteiger charge is 2.39. The second-order valence-electron chi connectivity index (χ2n) is 6.85. The van der Waals surface area contributed by atoms with Gasteiger partial charge in [0.1, 0.15) is 0 Å². The highest BCUT2D eigenvalue weighted by atomic mass is 16.2. The average molecular weight is 343 g/mol. The van der Waals surface area contributed by atoms with E-state index in [4.69, 9.17) is 0 Å². The van der Waals surface area contributed by atoms with Crippen LogP contribution in [0.1, 0.15) is 20.7 Å². The number of carbonyl (C=O) groups is 2. The molecule has 7 nitrogen and oxygen atoms in total. The number of hydrogen-bond acceptors (Lipinski definition) is 6. The second kappa shape index (κ2) is 7.21. The molecule has 1 N–H and O–H groups in total. The van der Waals surface area contributed by atoms with Crippen LogP contribution in [0.5, 0.6) is 0 Å². The van der Waals surface area contributed by atoms with Crippen molar-refractivity contribution in [3.8, 4) is 0 Å². The number of hydrazine groups is 1. The summed E-state index contributed by atoms with van der Waals surface area (Å²) in [5, 5.41) is 6.63. The van der Waals surface area contributed by atoms with Crippen molar-refractivity contribution in [2.24, 2.45) is 0 Å². The number of nitrogens with one attached hydrogen (secondary N) is 1. The van der Waals surface area contributed by atoms with Crippen LogP contribution in [0.3, 0.4) is 0 Å². The zero-order chi connectivity index (χ0) is 17.2. The maximum absolute atomic E-state index is 12.6. The topological polar surface area (TPSA) is 59.1 Å². The summed E-state index contributed by atoms with van der Waals surface area (Å²) < 4.78 is 0. The Morgan fingerprint density at radius 2 is 1.28 bits per heavy atom. The molecule has 134 valence electrons. The van der Waals surface area contributed by atoms with Crippen LogP contribution < -0.4 is 5.32 Å². The Hall–Kier alpha value is -1.80. The number of amides is 2. The molecule has 0 saturated carbocycles. The van der Waals surface area contributed by atoms with Crippen molar-refractivity contribution >= 4 is 11.8 Å². The number of fused-ring (bicyclic) bond motifs is 1. The summed E-state index contributed by atoms with van der Waals surface area (Å²) in [5.41, 5.74) is 1.04. The number of carbonyl (C=O) groups excluding carboxylic acids is 2. The molecule has 3 heterocycles. The van der Waals surface area contributed by atoms with Crippen LogP contribution in [0.15, 0.2) is 24.3 Å². The Morgan fingerprint density at radius 3 is 1.84 bits per heavy atom. The molecule has 2 amide bonds. The van der Waals surface area contributed by atoms with E-state index >= 15 is 0 Å². The van der Waals surface area contributed by atoms with Crippen molar-refractivity contribution in [1.82, 2.24) is 25.1 Å². The van der Waals surface area contributed by atoms with Crippen LogP contribution in [-0.4, -0.2) is 97.1 Å². The second-order valence-corrected chi connectivity index (χ2v) is 6.85. The van der Waals surface area contributed by atoms with Crippen LogP contribution >= 0.6 is 0 Å². The van der Waals surface area contributed by atoms with Gasteiger partial charge >= 0.3 is 0 Å². The molecule has 7 heteroatoms. The number of nitrogens with zero attached hydrogens (tertiary/aromatic N) is 4. The molecule has 2 saturated heterocycles. The predicted octanol–water partition coefficient (Wildman–Crippen LogP) is -0.280. The zero-order valence-corrected chi connectivity index (χ0v) is 14.5. The standard InChI is InChI=1S/C18H25N5O2/c24-17-15-3-1-2-4-16(15)18(25)23(17)22-13-11-21(12-14-22)10-9-20-7-5-19-6-8-20/h1-4,19H,5-14H2. The first-order valence-electron chi connectivity index (χ1n) is 9.12. The largest absolute Gasteiger partial charge is 0.314 e. The van der Waals surface area contributed by atoms with E-state index in [1.807, 2.05) is 17.1 Å². The molecule has 1 aromatic rings. The molecule has 1 aromatic carbocycles.